The Morgan fingerprint density at radius 1 is 1.46 bits per heavy atom. The van der Waals surface area contributed by atoms with E-state index >= 15 is 0 Å². The minimum absolute atomic E-state index is 0.0905. The number of carbonyl (C=O) groups excluding carboxylic acids is 1. The number of aliphatic hydroxyl groups is 1. The first kappa shape index (κ1) is 16.2. The quantitative estimate of drug-likeness (QED) is 0.777. The maximum atomic E-state index is 12.8. The number of fused-ring (bicyclic) bond motifs is 1. The van der Waals surface area contributed by atoms with E-state index in [1.165, 1.54) is 4.90 Å². The fraction of sp³-hybridized carbons (Fsp3) is 0.353. The van der Waals surface area contributed by atoms with Crippen molar-refractivity contribution < 1.29 is 14.3 Å². The van der Waals surface area contributed by atoms with Crippen molar-refractivity contribution in [2.24, 2.45) is 0 Å². The van der Waals surface area contributed by atoms with Crippen molar-refractivity contribution in [3.8, 4) is 11.5 Å². The first-order valence-corrected chi connectivity index (χ1v) is 7.81. The molecular weight excluding hydrogens is 308 g/mol. The first-order valence-electron chi connectivity index (χ1n) is 7.81. The van der Waals surface area contributed by atoms with Gasteiger partial charge in [0.1, 0.15) is 5.69 Å². The monoisotopic (exact) mass is 328 g/mol. The summed E-state index contributed by atoms with van der Waals surface area (Å²) in [6, 6.07) is 5.40. The topological polar surface area (TPSA) is 84.4 Å². The van der Waals surface area contributed by atoms with E-state index in [-0.39, 0.29) is 25.1 Å². The number of pyridine rings is 1. The van der Waals surface area contributed by atoms with Crippen molar-refractivity contribution in [2.45, 2.75) is 19.9 Å². The molecule has 0 saturated heterocycles. The van der Waals surface area contributed by atoms with E-state index < -0.39 is 0 Å². The minimum Gasteiger partial charge on any atom is -0.463 e. The van der Waals surface area contributed by atoms with Gasteiger partial charge in [-0.15, -0.1) is 0 Å². The van der Waals surface area contributed by atoms with Crippen molar-refractivity contribution in [2.75, 3.05) is 20.2 Å². The molecule has 0 unspecified atom stereocenters. The van der Waals surface area contributed by atoms with Gasteiger partial charge in [0.15, 0.2) is 11.4 Å². The normalized spacial score (nSPS) is 11.4. The SMILES string of the molecule is CC(C)n1ncc2c(C(=O)N(C)CCO)cc(-c3ccco3)nc21. The fourth-order valence-corrected chi connectivity index (χ4v) is 2.58. The largest absolute Gasteiger partial charge is 0.463 e. The van der Waals surface area contributed by atoms with Crippen molar-refractivity contribution in [3.63, 3.8) is 0 Å². The predicted octanol–water partition coefficient (Wildman–Crippen LogP) is 2.34. The Hall–Kier alpha value is -2.67. The highest BCUT2D eigenvalue weighted by Gasteiger charge is 2.21. The van der Waals surface area contributed by atoms with Crippen molar-refractivity contribution in [3.05, 3.63) is 36.2 Å². The van der Waals surface area contributed by atoms with Gasteiger partial charge in [-0.1, -0.05) is 0 Å². The second kappa shape index (κ2) is 6.45. The number of hydrogen-bond acceptors (Lipinski definition) is 5. The van der Waals surface area contributed by atoms with Crippen molar-refractivity contribution in [1.29, 1.82) is 0 Å². The Morgan fingerprint density at radius 3 is 2.88 bits per heavy atom. The summed E-state index contributed by atoms with van der Waals surface area (Å²) < 4.78 is 7.21. The van der Waals surface area contributed by atoms with E-state index in [1.54, 1.807) is 42.4 Å². The van der Waals surface area contributed by atoms with Gasteiger partial charge in [-0.25, -0.2) is 9.67 Å². The molecule has 0 fully saturated rings. The second-order valence-electron chi connectivity index (χ2n) is 5.90. The van der Waals surface area contributed by atoms with Crippen molar-refractivity contribution in [1.82, 2.24) is 19.7 Å². The zero-order valence-corrected chi connectivity index (χ0v) is 13.9. The van der Waals surface area contributed by atoms with Crippen LogP contribution in [-0.2, 0) is 0 Å². The number of rotatable bonds is 5. The average molecular weight is 328 g/mol. The molecule has 0 saturated carbocycles. The standard InChI is InChI=1S/C17H20N4O3/c1-11(2)21-16-13(10-18-21)12(17(23)20(3)6-7-22)9-14(19-16)15-5-4-8-24-15/h4-5,8-11,22H,6-7H2,1-3H3. The van der Waals surface area contributed by atoms with E-state index in [1.807, 2.05) is 13.8 Å². The summed E-state index contributed by atoms with van der Waals surface area (Å²) in [4.78, 5) is 18.9. The highest BCUT2D eigenvalue weighted by Crippen LogP contribution is 2.27. The third kappa shape index (κ3) is 2.78. The zero-order valence-electron chi connectivity index (χ0n) is 13.9. The van der Waals surface area contributed by atoms with Gasteiger partial charge in [-0.3, -0.25) is 4.79 Å². The van der Waals surface area contributed by atoms with Gasteiger partial charge in [-0.2, -0.15) is 5.10 Å². The molecule has 3 aromatic heterocycles. The van der Waals surface area contributed by atoms with Crippen LogP contribution in [0.1, 0.15) is 30.2 Å². The Kier molecular flexibility index (Phi) is 4.35. The molecule has 7 heteroatoms. The summed E-state index contributed by atoms with van der Waals surface area (Å²) in [6.07, 6.45) is 3.23. The summed E-state index contributed by atoms with van der Waals surface area (Å²) >= 11 is 0. The van der Waals surface area contributed by atoms with Gasteiger partial charge < -0.3 is 14.4 Å². The number of hydrogen-bond donors (Lipinski definition) is 1. The molecular formula is C17H20N4O3. The predicted molar refractivity (Wildman–Crippen MR) is 89.7 cm³/mol. The van der Waals surface area contributed by atoms with Crippen LogP contribution < -0.4 is 0 Å². The number of carbonyl (C=O) groups is 1. The Labute approximate surface area is 139 Å². The molecule has 0 bridgehead atoms. The summed E-state index contributed by atoms with van der Waals surface area (Å²) in [5.41, 5.74) is 1.71. The van der Waals surface area contributed by atoms with E-state index in [0.717, 1.165) is 0 Å². The summed E-state index contributed by atoms with van der Waals surface area (Å²) in [5, 5.41) is 14.1. The molecule has 0 spiro atoms. The van der Waals surface area contributed by atoms with Crippen LogP contribution in [-0.4, -0.2) is 50.9 Å². The average Bonchev–Trinajstić information content (AvgIpc) is 3.22. The number of likely N-dealkylation sites (N-methyl/N-ethyl adjacent to an activating group) is 1. The Balaban J connectivity index is 2.21. The number of aromatic nitrogens is 3. The highest BCUT2D eigenvalue weighted by atomic mass is 16.3. The van der Waals surface area contributed by atoms with Crippen LogP contribution in [0, 0.1) is 0 Å². The van der Waals surface area contributed by atoms with Gasteiger partial charge in [0, 0.05) is 19.6 Å². The Morgan fingerprint density at radius 2 is 2.25 bits per heavy atom. The zero-order chi connectivity index (χ0) is 17.3. The van der Waals surface area contributed by atoms with E-state index in [2.05, 4.69) is 10.1 Å². The molecule has 0 atom stereocenters. The van der Waals surface area contributed by atoms with Gasteiger partial charge in [-0.05, 0) is 32.0 Å². The fourth-order valence-electron chi connectivity index (χ4n) is 2.58. The van der Waals surface area contributed by atoms with E-state index in [4.69, 9.17) is 9.52 Å². The lowest BCUT2D eigenvalue weighted by molar-refractivity contribution is 0.0769. The molecule has 3 rings (SSSR count). The molecule has 0 radical (unpaired) electrons. The molecule has 0 aromatic carbocycles. The van der Waals surface area contributed by atoms with Crippen LogP contribution in [0.25, 0.3) is 22.5 Å². The van der Waals surface area contributed by atoms with Crippen molar-refractivity contribution >= 4 is 16.9 Å². The van der Waals surface area contributed by atoms with E-state index in [9.17, 15) is 4.79 Å². The van der Waals surface area contributed by atoms with Gasteiger partial charge in [0.2, 0.25) is 0 Å². The molecule has 126 valence electrons. The number of furan rings is 1. The molecule has 24 heavy (non-hydrogen) atoms. The highest BCUT2D eigenvalue weighted by molar-refractivity contribution is 6.06. The van der Waals surface area contributed by atoms with Gasteiger partial charge in [0.25, 0.3) is 5.91 Å². The van der Waals surface area contributed by atoms with Crippen LogP contribution in [0.3, 0.4) is 0 Å². The number of amides is 1. The maximum Gasteiger partial charge on any atom is 0.254 e. The lowest BCUT2D eigenvalue weighted by Gasteiger charge is -2.17. The molecule has 1 amide bonds. The third-order valence-corrected chi connectivity index (χ3v) is 3.84. The Bertz CT molecular complexity index is 852. The molecule has 3 heterocycles. The van der Waals surface area contributed by atoms with Gasteiger partial charge in [0.05, 0.1) is 30.0 Å². The summed E-state index contributed by atoms with van der Waals surface area (Å²) in [5.74, 6) is 0.403. The smallest absolute Gasteiger partial charge is 0.254 e. The van der Waals surface area contributed by atoms with Gasteiger partial charge >= 0.3 is 0 Å². The molecule has 7 nitrogen and oxygen atoms in total. The lowest BCUT2D eigenvalue weighted by atomic mass is 10.1. The lowest BCUT2D eigenvalue weighted by Crippen LogP contribution is -2.29. The molecule has 1 N–H and O–H groups in total. The third-order valence-electron chi connectivity index (χ3n) is 3.84. The van der Waals surface area contributed by atoms with Crippen LogP contribution in [0.2, 0.25) is 0 Å². The molecule has 3 aromatic rings. The number of nitrogens with zero attached hydrogens (tertiary/aromatic N) is 4. The minimum atomic E-state index is -0.187. The molecule has 0 aliphatic rings. The van der Waals surface area contributed by atoms with Crippen LogP contribution in [0.15, 0.2) is 35.1 Å². The van der Waals surface area contributed by atoms with Crippen LogP contribution in [0.5, 0.6) is 0 Å². The first-order chi connectivity index (χ1) is 11.5. The maximum absolute atomic E-state index is 12.8. The van der Waals surface area contributed by atoms with Crippen LogP contribution in [0.4, 0.5) is 0 Å². The molecule has 0 aliphatic heterocycles. The van der Waals surface area contributed by atoms with Crippen LogP contribution >= 0.6 is 0 Å². The summed E-state index contributed by atoms with van der Waals surface area (Å²) in [7, 11) is 1.66. The molecule has 0 aliphatic carbocycles. The summed E-state index contributed by atoms with van der Waals surface area (Å²) in [6.45, 7) is 4.18. The number of aliphatic hydroxyl groups excluding tert-OH is 1. The second-order valence-corrected chi connectivity index (χ2v) is 5.90. The van der Waals surface area contributed by atoms with E-state index in [0.29, 0.717) is 28.1 Å².